The van der Waals surface area contributed by atoms with E-state index < -0.39 is 5.82 Å². The Bertz CT molecular complexity index is 1210. The zero-order valence-electron chi connectivity index (χ0n) is 14.5. The van der Waals surface area contributed by atoms with Crippen molar-refractivity contribution in [3.05, 3.63) is 63.6 Å². The van der Waals surface area contributed by atoms with Gasteiger partial charge < -0.3 is 4.74 Å². The van der Waals surface area contributed by atoms with Crippen LogP contribution in [0.3, 0.4) is 0 Å². The second kappa shape index (κ2) is 6.17. The highest BCUT2D eigenvalue weighted by Crippen LogP contribution is 2.31. The third kappa shape index (κ3) is 2.64. The van der Waals surface area contributed by atoms with Crippen molar-refractivity contribution in [1.29, 1.82) is 0 Å². The summed E-state index contributed by atoms with van der Waals surface area (Å²) in [5.74, 6) is -0.277. The van der Waals surface area contributed by atoms with Crippen LogP contribution in [0.1, 0.15) is 16.8 Å². The molecule has 0 fully saturated rings. The number of halogens is 1. The van der Waals surface area contributed by atoms with E-state index in [4.69, 9.17) is 4.74 Å². The van der Waals surface area contributed by atoms with Gasteiger partial charge in [-0.25, -0.2) is 14.4 Å². The fourth-order valence-electron chi connectivity index (χ4n) is 3.12. The van der Waals surface area contributed by atoms with Crippen molar-refractivity contribution < 1.29 is 9.13 Å². The molecule has 0 amide bonds. The number of nitrogens with zero attached hydrogens (tertiary/aromatic N) is 3. The lowest BCUT2D eigenvalue weighted by molar-refractivity contribution is 0.386. The molecule has 0 spiro atoms. The minimum Gasteiger partial charge on any atom is -0.494 e. The number of thiophene rings is 1. The lowest BCUT2D eigenvalue weighted by Crippen LogP contribution is -2.20. The maximum atomic E-state index is 13.9. The normalized spacial score (nSPS) is 11.4. The molecule has 132 valence electrons. The maximum absolute atomic E-state index is 13.9. The van der Waals surface area contributed by atoms with Crippen LogP contribution in [0.25, 0.3) is 20.4 Å². The molecule has 26 heavy (non-hydrogen) atoms. The molecule has 4 rings (SSSR count). The smallest absolute Gasteiger partial charge is 0.271 e. The maximum Gasteiger partial charge on any atom is 0.271 e. The highest BCUT2D eigenvalue weighted by atomic mass is 32.1. The van der Waals surface area contributed by atoms with E-state index in [1.54, 1.807) is 12.1 Å². The molecular formula is C19H16FN3O2S. The van der Waals surface area contributed by atoms with Crippen LogP contribution in [-0.2, 0) is 6.54 Å². The Hall–Kier alpha value is -2.80. The number of hydrogen-bond donors (Lipinski definition) is 0. The van der Waals surface area contributed by atoms with Crippen molar-refractivity contribution in [2.75, 3.05) is 7.11 Å². The third-order valence-electron chi connectivity index (χ3n) is 4.31. The average molecular weight is 369 g/mol. The van der Waals surface area contributed by atoms with Crippen LogP contribution in [0.4, 0.5) is 4.39 Å². The number of rotatable bonds is 3. The molecule has 1 aromatic carbocycles. The van der Waals surface area contributed by atoms with Crippen LogP contribution < -0.4 is 10.3 Å². The van der Waals surface area contributed by atoms with Crippen molar-refractivity contribution in [2.45, 2.75) is 20.4 Å². The first-order valence-electron chi connectivity index (χ1n) is 8.06. The zero-order valence-corrected chi connectivity index (χ0v) is 15.4. The monoisotopic (exact) mass is 369 g/mol. The quantitative estimate of drug-likeness (QED) is 0.551. The minimum absolute atomic E-state index is 0.147. The molecule has 0 saturated heterocycles. The first-order valence-corrected chi connectivity index (χ1v) is 8.88. The second-order valence-corrected chi connectivity index (χ2v) is 7.19. The lowest BCUT2D eigenvalue weighted by Gasteiger charge is -2.07. The van der Waals surface area contributed by atoms with E-state index in [2.05, 4.69) is 9.97 Å². The van der Waals surface area contributed by atoms with Gasteiger partial charge in [0.05, 0.1) is 25.5 Å². The Kier molecular flexibility index (Phi) is 3.96. The van der Waals surface area contributed by atoms with E-state index in [1.807, 2.05) is 19.9 Å². The van der Waals surface area contributed by atoms with E-state index in [0.717, 1.165) is 21.5 Å². The number of pyridine rings is 1. The van der Waals surface area contributed by atoms with E-state index in [0.29, 0.717) is 15.8 Å². The van der Waals surface area contributed by atoms with E-state index in [9.17, 15) is 9.18 Å². The van der Waals surface area contributed by atoms with Gasteiger partial charge in [0.15, 0.2) is 11.6 Å². The highest BCUT2D eigenvalue weighted by molar-refractivity contribution is 7.25. The number of aromatic nitrogens is 3. The minimum atomic E-state index is -0.454. The molecule has 0 atom stereocenters. The summed E-state index contributed by atoms with van der Waals surface area (Å²) in [6.07, 6.45) is 1.51. The van der Waals surface area contributed by atoms with Gasteiger partial charge in [-0.15, -0.1) is 11.3 Å². The van der Waals surface area contributed by atoms with Crippen molar-refractivity contribution in [3.8, 4) is 5.75 Å². The van der Waals surface area contributed by atoms with Gasteiger partial charge in [0.25, 0.3) is 5.56 Å². The zero-order chi connectivity index (χ0) is 18.4. The number of methoxy groups -OCH3 is 1. The third-order valence-corrected chi connectivity index (χ3v) is 5.37. The number of fused-ring (bicyclic) bond motifs is 3. The van der Waals surface area contributed by atoms with Gasteiger partial charge in [0.1, 0.15) is 9.53 Å². The predicted octanol–water partition coefficient (Wildman–Crippen LogP) is 3.82. The first-order chi connectivity index (χ1) is 12.5. The van der Waals surface area contributed by atoms with Gasteiger partial charge in [-0.3, -0.25) is 9.36 Å². The molecule has 0 radical (unpaired) electrons. The molecule has 0 aliphatic rings. The SMILES string of the molecule is COc1ccc(Cn2cnc3c(sc4nc(C)cc(C)c43)c2=O)cc1F. The lowest BCUT2D eigenvalue weighted by atomic mass is 10.1. The van der Waals surface area contributed by atoms with Gasteiger partial charge in [-0.2, -0.15) is 0 Å². The second-order valence-electron chi connectivity index (χ2n) is 6.19. The Labute approximate surface area is 152 Å². The van der Waals surface area contributed by atoms with Crippen molar-refractivity contribution in [3.63, 3.8) is 0 Å². The van der Waals surface area contributed by atoms with Crippen LogP contribution >= 0.6 is 11.3 Å². The van der Waals surface area contributed by atoms with Gasteiger partial charge in [-0.1, -0.05) is 6.07 Å². The van der Waals surface area contributed by atoms with Gasteiger partial charge >= 0.3 is 0 Å². The van der Waals surface area contributed by atoms with Crippen LogP contribution in [0.2, 0.25) is 0 Å². The Morgan fingerprint density at radius 2 is 2.08 bits per heavy atom. The Morgan fingerprint density at radius 1 is 1.27 bits per heavy atom. The summed E-state index contributed by atoms with van der Waals surface area (Å²) in [6, 6.07) is 6.65. The van der Waals surface area contributed by atoms with Crippen molar-refractivity contribution in [1.82, 2.24) is 14.5 Å². The largest absolute Gasteiger partial charge is 0.494 e. The average Bonchev–Trinajstić information content (AvgIpc) is 2.97. The van der Waals surface area contributed by atoms with E-state index in [1.165, 1.54) is 35.4 Å². The number of hydrogen-bond acceptors (Lipinski definition) is 5. The first kappa shape index (κ1) is 16.7. The molecule has 0 bridgehead atoms. The molecule has 0 aliphatic heterocycles. The Morgan fingerprint density at radius 3 is 2.81 bits per heavy atom. The van der Waals surface area contributed by atoms with Crippen LogP contribution in [-0.4, -0.2) is 21.6 Å². The molecule has 0 saturated carbocycles. The fourth-order valence-corrected chi connectivity index (χ4v) is 4.32. The molecule has 0 unspecified atom stereocenters. The highest BCUT2D eigenvalue weighted by Gasteiger charge is 2.15. The van der Waals surface area contributed by atoms with Crippen molar-refractivity contribution >= 4 is 31.8 Å². The standard InChI is InChI=1S/C19H16FN3O2S/c1-10-6-11(2)22-18-15(10)16-17(26-18)19(24)23(9-21-16)8-12-4-5-14(25-3)13(20)7-12/h4-7,9H,8H2,1-3H3. The molecule has 3 aromatic heterocycles. The molecular weight excluding hydrogens is 353 g/mol. The number of benzene rings is 1. The molecule has 5 nitrogen and oxygen atoms in total. The van der Waals surface area contributed by atoms with Crippen LogP contribution in [0.5, 0.6) is 5.75 Å². The van der Waals surface area contributed by atoms with E-state index >= 15 is 0 Å². The topological polar surface area (TPSA) is 57.0 Å². The molecule has 0 aliphatic carbocycles. The summed E-state index contributed by atoms with van der Waals surface area (Å²) >= 11 is 1.35. The summed E-state index contributed by atoms with van der Waals surface area (Å²) in [5, 5.41) is 0.926. The summed E-state index contributed by atoms with van der Waals surface area (Å²) in [5.41, 5.74) is 3.16. The van der Waals surface area contributed by atoms with Gasteiger partial charge in [0.2, 0.25) is 0 Å². The van der Waals surface area contributed by atoms with Crippen LogP contribution in [0, 0.1) is 19.7 Å². The van der Waals surface area contributed by atoms with Crippen molar-refractivity contribution in [2.24, 2.45) is 0 Å². The molecule has 7 heteroatoms. The molecule has 3 heterocycles. The molecule has 4 aromatic rings. The summed E-state index contributed by atoms with van der Waals surface area (Å²) in [4.78, 5) is 22.7. The van der Waals surface area contributed by atoms with Gasteiger partial charge in [-0.05, 0) is 43.2 Å². The number of ether oxygens (including phenoxy) is 1. The summed E-state index contributed by atoms with van der Waals surface area (Å²) in [6.45, 7) is 4.17. The summed E-state index contributed by atoms with van der Waals surface area (Å²) in [7, 11) is 1.42. The van der Waals surface area contributed by atoms with E-state index in [-0.39, 0.29) is 17.9 Å². The predicted molar refractivity (Wildman–Crippen MR) is 101 cm³/mol. The fraction of sp³-hybridized carbons (Fsp3) is 0.211. The number of aryl methyl sites for hydroxylation is 2. The summed E-state index contributed by atoms with van der Waals surface area (Å²) < 4.78 is 20.9. The van der Waals surface area contributed by atoms with Crippen LogP contribution in [0.15, 0.2) is 35.4 Å². The molecule has 0 N–H and O–H groups in total. The Balaban J connectivity index is 1.83. The van der Waals surface area contributed by atoms with Gasteiger partial charge in [0, 0.05) is 11.1 Å².